The molecule has 17 heavy (non-hydrogen) atoms. The molecule has 1 aliphatic carbocycles. The molecule has 0 aliphatic heterocycles. The highest BCUT2D eigenvalue weighted by molar-refractivity contribution is 9.10. The third kappa shape index (κ3) is 2.74. The van der Waals surface area contributed by atoms with Gasteiger partial charge in [-0.05, 0) is 47.5 Å². The van der Waals surface area contributed by atoms with E-state index in [1.54, 1.807) is 6.20 Å². The van der Waals surface area contributed by atoms with E-state index in [1.807, 2.05) is 4.68 Å². The van der Waals surface area contributed by atoms with Crippen molar-refractivity contribution in [1.29, 1.82) is 0 Å². The standard InChI is InChI=1S/C13H21BrN2O/c1-3-16-12(11(14)8-15-16)13(17)10-6-4-5-9(2)7-10/h8-10,13,17H,3-7H2,1-2H3. The second-order valence-electron chi connectivity index (χ2n) is 5.17. The highest BCUT2D eigenvalue weighted by Crippen LogP contribution is 2.38. The van der Waals surface area contributed by atoms with Gasteiger partial charge in [-0.15, -0.1) is 0 Å². The van der Waals surface area contributed by atoms with E-state index in [2.05, 4.69) is 34.9 Å². The molecule has 1 saturated carbocycles. The molecule has 0 spiro atoms. The maximum atomic E-state index is 10.6. The first-order chi connectivity index (χ1) is 8.13. The van der Waals surface area contributed by atoms with Crippen molar-refractivity contribution in [2.75, 3.05) is 0 Å². The molecule has 0 bridgehead atoms. The summed E-state index contributed by atoms with van der Waals surface area (Å²) >= 11 is 3.50. The molecule has 1 aliphatic rings. The first-order valence-electron chi connectivity index (χ1n) is 6.52. The molecule has 0 aromatic carbocycles. The van der Waals surface area contributed by atoms with E-state index in [1.165, 1.54) is 12.8 Å². The van der Waals surface area contributed by atoms with Crippen molar-refractivity contribution in [3.8, 4) is 0 Å². The Kier molecular flexibility index (Phi) is 4.26. The maximum Gasteiger partial charge on any atom is 0.0996 e. The van der Waals surface area contributed by atoms with Crippen LogP contribution in [0.2, 0.25) is 0 Å². The molecule has 4 heteroatoms. The van der Waals surface area contributed by atoms with Gasteiger partial charge in [0.1, 0.15) is 0 Å². The molecule has 1 N–H and O–H groups in total. The fraction of sp³-hybridized carbons (Fsp3) is 0.769. The number of halogens is 1. The Balaban J connectivity index is 2.17. The zero-order chi connectivity index (χ0) is 12.4. The summed E-state index contributed by atoms with van der Waals surface area (Å²) in [7, 11) is 0. The Morgan fingerprint density at radius 3 is 3.00 bits per heavy atom. The number of aryl methyl sites for hydroxylation is 1. The van der Waals surface area contributed by atoms with Crippen molar-refractivity contribution >= 4 is 15.9 Å². The number of aromatic nitrogens is 2. The van der Waals surface area contributed by atoms with Gasteiger partial charge in [0.05, 0.1) is 22.5 Å². The Bertz CT molecular complexity index is 377. The van der Waals surface area contributed by atoms with E-state index >= 15 is 0 Å². The zero-order valence-electron chi connectivity index (χ0n) is 10.6. The molecular weight excluding hydrogens is 280 g/mol. The summed E-state index contributed by atoms with van der Waals surface area (Å²) in [5.74, 6) is 1.12. The van der Waals surface area contributed by atoms with Crippen molar-refractivity contribution in [3.05, 3.63) is 16.4 Å². The second kappa shape index (κ2) is 5.53. The highest BCUT2D eigenvalue weighted by Gasteiger charge is 2.29. The van der Waals surface area contributed by atoms with Gasteiger partial charge in [0.2, 0.25) is 0 Å². The fourth-order valence-corrected chi connectivity index (χ4v) is 3.44. The van der Waals surface area contributed by atoms with Gasteiger partial charge in [0, 0.05) is 6.54 Å². The first kappa shape index (κ1) is 13.1. The topological polar surface area (TPSA) is 38.0 Å². The van der Waals surface area contributed by atoms with E-state index in [4.69, 9.17) is 0 Å². The Hall–Kier alpha value is -0.350. The average molecular weight is 301 g/mol. The predicted octanol–water partition coefficient (Wildman–Crippen LogP) is 3.53. The number of hydrogen-bond acceptors (Lipinski definition) is 2. The Morgan fingerprint density at radius 1 is 1.59 bits per heavy atom. The lowest BCUT2D eigenvalue weighted by atomic mass is 9.79. The highest BCUT2D eigenvalue weighted by atomic mass is 79.9. The molecule has 0 amide bonds. The molecule has 3 unspecified atom stereocenters. The summed E-state index contributed by atoms with van der Waals surface area (Å²) in [5.41, 5.74) is 0.951. The summed E-state index contributed by atoms with van der Waals surface area (Å²) in [6, 6.07) is 0. The lowest BCUT2D eigenvalue weighted by Gasteiger charge is -2.30. The number of aliphatic hydroxyl groups is 1. The molecule has 0 saturated heterocycles. The van der Waals surface area contributed by atoms with Crippen LogP contribution in [0.15, 0.2) is 10.7 Å². The van der Waals surface area contributed by atoms with Crippen LogP contribution in [0, 0.1) is 11.8 Å². The van der Waals surface area contributed by atoms with Gasteiger partial charge in [0.15, 0.2) is 0 Å². The largest absolute Gasteiger partial charge is 0.386 e. The van der Waals surface area contributed by atoms with Crippen LogP contribution >= 0.6 is 15.9 Å². The van der Waals surface area contributed by atoms with Crippen LogP contribution in [0.3, 0.4) is 0 Å². The third-order valence-electron chi connectivity index (χ3n) is 3.84. The molecular formula is C13H21BrN2O. The molecule has 1 fully saturated rings. The molecule has 1 aromatic rings. The molecule has 3 atom stereocenters. The van der Waals surface area contributed by atoms with E-state index in [0.29, 0.717) is 5.92 Å². The minimum atomic E-state index is -0.380. The van der Waals surface area contributed by atoms with E-state index < -0.39 is 0 Å². The minimum Gasteiger partial charge on any atom is -0.386 e. The summed E-state index contributed by atoms with van der Waals surface area (Å²) in [5, 5.41) is 14.8. The van der Waals surface area contributed by atoms with Crippen molar-refractivity contribution in [3.63, 3.8) is 0 Å². The van der Waals surface area contributed by atoms with Gasteiger partial charge in [0.25, 0.3) is 0 Å². The van der Waals surface area contributed by atoms with Crippen LogP contribution in [-0.2, 0) is 6.54 Å². The van der Waals surface area contributed by atoms with Crippen LogP contribution in [0.25, 0.3) is 0 Å². The lowest BCUT2D eigenvalue weighted by Crippen LogP contribution is -2.22. The Labute approximate surface area is 111 Å². The fourth-order valence-electron chi connectivity index (χ4n) is 2.91. The van der Waals surface area contributed by atoms with Crippen LogP contribution in [-0.4, -0.2) is 14.9 Å². The summed E-state index contributed by atoms with van der Waals surface area (Å²) in [6.07, 6.45) is 6.21. The second-order valence-corrected chi connectivity index (χ2v) is 6.02. The minimum absolute atomic E-state index is 0.380. The van der Waals surface area contributed by atoms with Crippen LogP contribution in [0.1, 0.15) is 51.3 Å². The van der Waals surface area contributed by atoms with Crippen molar-refractivity contribution in [2.45, 2.75) is 52.2 Å². The number of rotatable bonds is 3. The molecule has 2 rings (SSSR count). The van der Waals surface area contributed by atoms with Crippen molar-refractivity contribution in [1.82, 2.24) is 9.78 Å². The maximum absolute atomic E-state index is 10.6. The Morgan fingerprint density at radius 2 is 2.35 bits per heavy atom. The van der Waals surface area contributed by atoms with Gasteiger partial charge in [-0.2, -0.15) is 5.10 Å². The van der Waals surface area contributed by atoms with Gasteiger partial charge >= 0.3 is 0 Å². The normalized spacial score (nSPS) is 27.1. The van der Waals surface area contributed by atoms with E-state index in [0.717, 1.165) is 35.5 Å². The molecule has 1 heterocycles. The first-order valence-corrected chi connectivity index (χ1v) is 7.32. The van der Waals surface area contributed by atoms with Crippen LogP contribution in [0.4, 0.5) is 0 Å². The predicted molar refractivity (Wildman–Crippen MR) is 71.7 cm³/mol. The lowest BCUT2D eigenvalue weighted by molar-refractivity contribution is 0.0636. The smallest absolute Gasteiger partial charge is 0.0996 e. The van der Waals surface area contributed by atoms with Crippen molar-refractivity contribution < 1.29 is 5.11 Å². The number of nitrogens with zero attached hydrogens (tertiary/aromatic N) is 2. The van der Waals surface area contributed by atoms with Gasteiger partial charge in [-0.1, -0.05) is 19.8 Å². The van der Waals surface area contributed by atoms with Gasteiger partial charge in [-0.3, -0.25) is 4.68 Å². The SMILES string of the molecule is CCn1ncc(Br)c1C(O)C1CCCC(C)C1. The molecule has 96 valence electrons. The van der Waals surface area contributed by atoms with E-state index in [-0.39, 0.29) is 6.10 Å². The molecule has 1 aromatic heterocycles. The molecule has 3 nitrogen and oxygen atoms in total. The third-order valence-corrected chi connectivity index (χ3v) is 4.45. The number of aliphatic hydroxyl groups excluding tert-OH is 1. The average Bonchev–Trinajstić information content (AvgIpc) is 2.69. The zero-order valence-corrected chi connectivity index (χ0v) is 12.2. The van der Waals surface area contributed by atoms with Crippen LogP contribution in [0.5, 0.6) is 0 Å². The molecule has 0 radical (unpaired) electrons. The van der Waals surface area contributed by atoms with Gasteiger partial charge in [-0.25, -0.2) is 0 Å². The van der Waals surface area contributed by atoms with Crippen LogP contribution < -0.4 is 0 Å². The summed E-state index contributed by atoms with van der Waals surface area (Å²) < 4.78 is 2.83. The van der Waals surface area contributed by atoms with Crippen molar-refractivity contribution in [2.24, 2.45) is 11.8 Å². The summed E-state index contributed by atoms with van der Waals surface area (Å²) in [4.78, 5) is 0. The monoisotopic (exact) mass is 300 g/mol. The van der Waals surface area contributed by atoms with Gasteiger partial charge < -0.3 is 5.11 Å². The number of hydrogen-bond donors (Lipinski definition) is 1. The van der Waals surface area contributed by atoms with E-state index in [9.17, 15) is 5.11 Å². The summed E-state index contributed by atoms with van der Waals surface area (Å²) in [6.45, 7) is 5.14. The quantitative estimate of drug-likeness (QED) is 0.927.